The van der Waals surface area contributed by atoms with Crippen molar-refractivity contribution < 1.29 is 9.53 Å². The lowest BCUT2D eigenvalue weighted by molar-refractivity contribution is -0.0618. The molecule has 0 saturated carbocycles. The average molecular weight is 313 g/mol. The molecule has 1 amide bonds. The number of aromatic nitrogens is 2. The number of nitrogens with one attached hydrogen (secondary N) is 1. The van der Waals surface area contributed by atoms with Gasteiger partial charge in [-0.25, -0.2) is 4.68 Å². The van der Waals surface area contributed by atoms with Crippen LogP contribution in [0.2, 0.25) is 0 Å². The number of rotatable bonds is 4. The third-order valence-electron chi connectivity index (χ3n) is 4.38. The lowest BCUT2D eigenvalue weighted by atomic mass is 9.96. The molecule has 1 atom stereocenters. The van der Waals surface area contributed by atoms with Crippen LogP contribution in [0.25, 0.3) is 5.69 Å². The van der Waals surface area contributed by atoms with Crippen molar-refractivity contribution in [1.29, 1.82) is 0 Å². The van der Waals surface area contributed by atoms with E-state index in [4.69, 9.17) is 4.74 Å². The van der Waals surface area contributed by atoms with E-state index >= 15 is 0 Å². The predicted molar refractivity (Wildman–Crippen MR) is 88.8 cm³/mol. The first-order valence-electron chi connectivity index (χ1n) is 8.10. The second-order valence-electron chi connectivity index (χ2n) is 6.39. The average Bonchev–Trinajstić information content (AvgIpc) is 3.07. The van der Waals surface area contributed by atoms with Crippen molar-refractivity contribution in [3.05, 3.63) is 47.8 Å². The van der Waals surface area contributed by atoms with Crippen molar-refractivity contribution in [2.24, 2.45) is 0 Å². The van der Waals surface area contributed by atoms with Gasteiger partial charge in [0.2, 0.25) is 0 Å². The van der Waals surface area contributed by atoms with Gasteiger partial charge in [0.25, 0.3) is 5.91 Å². The third kappa shape index (κ3) is 3.62. The Labute approximate surface area is 136 Å². The second-order valence-corrected chi connectivity index (χ2v) is 6.39. The molecule has 1 aromatic carbocycles. The molecule has 5 nitrogen and oxygen atoms in total. The number of ether oxygens (including phenoxy) is 1. The zero-order chi connectivity index (χ0) is 16.3. The van der Waals surface area contributed by atoms with Crippen molar-refractivity contribution in [3.8, 4) is 5.69 Å². The number of nitrogens with zero attached hydrogens (tertiary/aromatic N) is 2. The smallest absolute Gasteiger partial charge is 0.251 e. The van der Waals surface area contributed by atoms with E-state index in [9.17, 15) is 4.79 Å². The Morgan fingerprint density at radius 2 is 2.30 bits per heavy atom. The molecule has 23 heavy (non-hydrogen) atoms. The normalized spacial score (nSPS) is 21.1. The fourth-order valence-corrected chi connectivity index (χ4v) is 2.97. The molecule has 1 aliphatic heterocycles. The van der Waals surface area contributed by atoms with E-state index in [0.29, 0.717) is 12.1 Å². The molecule has 0 aliphatic carbocycles. The Bertz CT molecular complexity index is 674. The zero-order valence-electron chi connectivity index (χ0n) is 13.7. The minimum atomic E-state index is -0.238. The van der Waals surface area contributed by atoms with Gasteiger partial charge in [0, 0.05) is 31.1 Å². The highest BCUT2D eigenvalue weighted by atomic mass is 16.5. The molecule has 1 aromatic heterocycles. The maximum atomic E-state index is 12.4. The van der Waals surface area contributed by atoms with E-state index in [1.54, 1.807) is 10.9 Å². The fraction of sp³-hybridized carbons (Fsp3) is 0.444. The van der Waals surface area contributed by atoms with Gasteiger partial charge in [0.1, 0.15) is 0 Å². The van der Waals surface area contributed by atoms with Gasteiger partial charge in [-0.2, -0.15) is 5.10 Å². The highest BCUT2D eigenvalue weighted by Gasteiger charge is 2.28. The first kappa shape index (κ1) is 15.7. The van der Waals surface area contributed by atoms with Crippen molar-refractivity contribution in [2.75, 3.05) is 13.2 Å². The van der Waals surface area contributed by atoms with E-state index < -0.39 is 0 Å². The molecule has 122 valence electrons. The highest BCUT2D eigenvalue weighted by molar-refractivity contribution is 5.94. The van der Waals surface area contributed by atoms with Gasteiger partial charge in [-0.3, -0.25) is 4.79 Å². The Morgan fingerprint density at radius 1 is 1.43 bits per heavy atom. The molecular formula is C18H23N3O2. The van der Waals surface area contributed by atoms with Gasteiger partial charge in [-0.1, -0.05) is 0 Å². The number of aryl methyl sites for hydroxylation is 1. The molecule has 0 bridgehead atoms. The number of carbonyl (C=O) groups excluding carboxylic acids is 1. The summed E-state index contributed by atoms with van der Waals surface area (Å²) in [5.74, 6) is -0.0597. The summed E-state index contributed by atoms with van der Waals surface area (Å²) in [6.45, 7) is 5.38. The highest BCUT2D eigenvalue weighted by Crippen LogP contribution is 2.23. The lowest BCUT2D eigenvalue weighted by Crippen LogP contribution is -2.44. The number of carbonyl (C=O) groups is 1. The molecule has 2 aromatic rings. The van der Waals surface area contributed by atoms with Crippen LogP contribution in [0.15, 0.2) is 36.7 Å². The summed E-state index contributed by atoms with van der Waals surface area (Å²) >= 11 is 0. The summed E-state index contributed by atoms with van der Waals surface area (Å²) in [4.78, 5) is 12.4. The molecule has 1 fully saturated rings. The molecule has 0 radical (unpaired) electrons. The van der Waals surface area contributed by atoms with E-state index in [2.05, 4.69) is 17.3 Å². The Hall–Kier alpha value is -2.14. The number of hydrogen-bond donors (Lipinski definition) is 1. The summed E-state index contributed by atoms with van der Waals surface area (Å²) in [5.41, 5.74) is 2.42. The van der Waals surface area contributed by atoms with Crippen LogP contribution < -0.4 is 5.32 Å². The second kappa shape index (κ2) is 6.54. The van der Waals surface area contributed by atoms with Crippen LogP contribution in [0.5, 0.6) is 0 Å². The summed E-state index contributed by atoms with van der Waals surface area (Å²) in [5, 5.41) is 7.23. The van der Waals surface area contributed by atoms with Crippen LogP contribution in [-0.2, 0) is 4.74 Å². The standard InChI is InChI=1S/C18H23N3O2/c1-14-12-15(6-7-16(14)21-10-5-9-20-21)17(22)19-13-18(2)8-3-4-11-23-18/h5-7,9-10,12H,3-4,8,11,13H2,1-2H3,(H,19,22). The van der Waals surface area contributed by atoms with Crippen molar-refractivity contribution in [3.63, 3.8) is 0 Å². The Balaban J connectivity index is 1.67. The molecule has 0 spiro atoms. The predicted octanol–water partition coefficient (Wildman–Crippen LogP) is 2.87. The van der Waals surface area contributed by atoms with E-state index in [1.807, 2.05) is 37.4 Å². The van der Waals surface area contributed by atoms with Crippen LogP contribution in [0.3, 0.4) is 0 Å². The topological polar surface area (TPSA) is 56.1 Å². The van der Waals surface area contributed by atoms with Gasteiger partial charge in [-0.05, 0) is 62.9 Å². The molecule has 1 unspecified atom stereocenters. The van der Waals surface area contributed by atoms with Crippen molar-refractivity contribution in [2.45, 2.75) is 38.7 Å². The fourth-order valence-electron chi connectivity index (χ4n) is 2.97. The minimum absolute atomic E-state index is 0.0597. The van der Waals surface area contributed by atoms with Gasteiger partial charge in [-0.15, -0.1) is 0 Å². The summed E-state index contributed by atoms with van der Waals surface area (Å²) in [7, 11) is 0. The quantitative estimate of drug-likeness (QED) is 0.944. The maximum absolute atomic E-state index is 12.4. The molecular weight excluding hydrogens is 290 g/mol. The van der Waals surface area contributed by atoms with Gasteiger partial charge in [0.05, 0.1) is 11.3 Å². The zero-order valence-corrected chi connectivity index (χ0v) is 13.7. The first-order valence-corrected chi connectivity index (χ1v) is 8.10. The van der Waals surface area contributed by atoms with Crippen molar-refractivity contribution in [1.82, 2.24) is 15.1 Å². The first-order chi connectivity index (χ1) is 11.1. The van der Waals surface area contributed by atoms with E-state index in [-0.39, 0.29) is 11.5 Å². The molecule has 1 N–H and O–H groups in total. The van der Waals surface area contributed by atoms with Crippen LogP contribution in [-0.4, -0.2) is 34.4 Å². The van der Waals surface area contributed by atoms with Crippen LogP contribution in [0.1, 0.15) is 42.1 Å². The SMILES string of the molecule is Cc1cc(C(=O)NCC2(C)CCCCO2)ccc1-n1cccn1. The number of amides is 1. The maximum Gasteiger partial charge on any atom is 0.251 e. The molecule has 5 heteroatoms. The van der Waals surface area contributed by atoms with Gasteiger partial charge < -0.3 is 10.1 Å². The van der Waals surface area contributed by atoms with Crippen molar-refractivity contribution >= 4 is 5.91 Å². The van der Waals surface area contributed by atoms with Crippen LogP contribution in [0.4, 0.5) is 0 Å². The monoisotopic (exact) mass is 313 g/mol. The Morgan fingerprint density at radius 3 is 2.96 bits per heavy atom. The minimum Gasteiger partial charge on any atom is -0.373 e. The number of hydrogen-bond acceptors (Lipinski definition) is 3. The van der Waals surface area contributed by atoms with Crippen LogP contribution in [0, 0.1) is 6.92 Å². The van der Waals surface area contributed by atoms with Gasteiger partial charge in [0.15, 0.2) is 0 Å². The largest absolute Gasteiger partial charge is 0.373 e. The number of benzene rings is 1. The molecule has 2 heterocycles. The summed E-state index contributed by atoms with van der Waals surface area (Å²) in [6, 6.07) is 7.54. The Kier molecular flexibility index (Phi) is 4.48. The van der Waals surface area contributed by atoms with E-state index in [1.165, 1.54) is 0 Å². The van der Waals surface area contributed by atoms with Gasteiger partial charge >= 0.3 is 0 Å². The molecule has 1 saturated heterocycles. The van der Waals surface area contributed by atoms with E-state index in [0.717, 1.165) is 37.1 Å². The molecule has 1 aliphatic rings. The summed E-state index contributed by atoms with van der Waals surface area (Å²) in [6.07, 6.45) is 6.89. The third-order valence-corrected chi connectivity index (χ3v) is 4.38. The summed E-state index contributed by atoms with van der Waals surface area (Å²) < 4.78 is 7.62. The molecule has 3 rings (SSSR count). The van der Waals surface area contributed by atoms with Crippen LogP contribution >= 0.6 is 0 Å². The lowest BCUT2D eigenvalue weighted by Gasteiger charge is -2.33.